The Morgan fingerprint density at radius 1 is 0.921 bits per heavy atom. The van der Waals surface area contributed by atoms with E-state index >= 15 is 0 Å². The first kappa shape index (κ1) is 25.4. The van der Waals surface area contributed by atoms with Crippen LogP contribution in [0, 0.1) is 17.0 Å². The molecule has 0 N–H and O–H groups in total. The number of hydrogen-bond acceptors (Lipinski definition) is 6. The zero-order valence-corrected chi connectivity index (χ0v) is 21.6. The average molecular weight is 528 g/mol. The van der Waals surface area contributed by atoms with E-state index < -0.39 is 0 Å². The highest BCUT2D eigenvalue weighted by Crippen LogP contribution is 2.31. The summed E-state index contributed by atoms with van der Waals surface area (Å²) in [7, 11) is 0. The van der Waals surface area contributed by atoms with E-state index in [2.05, 4.69) is 4.90 Å². The molecule has 0 saturated carbocycles. The fourth-order valence-electron chi connectivity index (χ4n) is 4.72. The van der Waals surface area contributed by atoms with E-state index in [-0.39, 0.29) is 16.5 Å². The van der Waals surface area contributed by atoms with Crippen LogP contribution in [0.3, 0.4) is 0 Å². The zero-order chi connectivity index (χ0) is 26.6. The van der Waals surface area contributed by atoms with Crippen molar-refractivity contribution in [2.24, 2.45) is 0 Å². The standard InChI is InChI=1S/C29H26ClN5O3/c1-20-24(19-22-11-5-8-14-26(22)35(37)38)28(32-27(31-20)21-9-3-2-4-10-21)33-15-17-34(18-16-33)29(36)23-12-6-7-13-25(23)30/h2-14H,15-19H2,1H3. The molecule has 3 aromatic carbocycles. The monoisotopic (exact) mass is 527 g/mol. The summed E-state index contributed by atoms with van der Waals surface area (Å²) in [6.45, 7) is 4.03. The number of rotatable bonds is 6. The SMILES string of the molecule is Cc1nc(-c2ccccc2)nc(N2CCN(C(=O)c3ccccc3Cl)CC2)c1Cc1ccccc1[N+](=O)[O-]. The second-order valence-electron chi connectivity index (χ2n) is 9.12. The van der Waals surface area contributed by atoms with E-state index in [4.69, 9.17) is 21.6 Å². The van der Waals surface area contributed by atoms with E-state index in [0.29, 0.717) is 54.6 Å². The van der Waals surface area contributed by atoms with Crippen LogP contribution < -0.4 is 4.90 Å². The van der Waals surface area contributed by atoms with Gasteiger partial charge in [-0.15, -0.1) is 0 Å². The third-order valence-corrected chi connectivity index (χ3v) is 7.08. The van der Waals surface area contributed by atoms with Gasteiger partial charge in [0.1, 0.15) is 5.82 Å². The molecule has 1 aliphatic heterocycles. The molecule has 2 heterocycles. The minimum atomic E-state index is -0.359. The molecule has 192 valence electrons. The number of para-hydroxylation sites is 1. The molecule has 38 heavy (non-hydrogen) atoms. The van der Waals surface area contributed by atoms with E-state index in [1.807, 2.05) is 37.3 Å². The molecule has 0 radical (unpaired) electrons. The van der Waals surface area contributed by atoms with E-state index in [1.165, 1.54) is 6.07 Å². The second-order valence-corrected chi connectivity index (χ2v) is 9.53. The van der Waals surface area contributed by atoms with Gasteiger partial charge in [-0.2, -0.15) is 0 Å². The number of anilines is 1. The van der Waals surface area contributed by atoms with Gasteiger partial charge in [-0.25, -0.2) is 9.97 Å². The first-order chi connectivity index (χ1) is 18.4. The fourth-order valence-corrected chi connectivity index (χ4v) is 4.94. The lowest BCUT2D eigenvalue weighted by atomic mass is 10.0. The van der Waals surface area contributed by atoms with Crippen LogP contribution in [0.2, 0.25) is 5.02 Å². The molecule has 0 unspecified atom stereocenters. The van der Waals surface area contributed by atoms with Gasteiger partial charge in [-0.3, -0.25) is 14.9 Å². The Kier molecular flexibility index (Phi) is 7.33. The zero-order valence-electron chi connectivity index (χ0n) is 20.9. The molecule has 8 nitrogen and oxygen atoms in total. The van der Waals surface area contributed by atoms with Crippen molar-refractivity contribution >= 4 is 29.0 Å². The van der Waals surface area contributed by atoms with Gasteiger partial charge in [0, 0.05) is 61.1 Å². The molecule has 5 rings (SSSR count). The normalized spacial score (nSPS) is 13.4. The second kappa shape index (κ2) is 11.0. The Morgan fingerprint density at radius 2 is 1.58 bits per heavy atom. The first-order valence-electron chi connectivity index (χ1n) is 12.4. The lowest BCUT2D eigenvalue weighted by Crippen LogP contribution is -2.49. The number of carbonyl (C=O) groups excluding carboxylic acids is 1. The van der Waals surface area contributed by atoms with E-state index in [9.17, 15) is 14.9 Å². The topological polar surface area (TPSA) is 92.5 Å². The van der Waals surface area contributed by atoms with Gasteiger partial charge >= 0.3 is 0 Å². The van der Waals surface area contributed by atoms with Crippen molar-refractivity contribution in [3.05, 3.63) is 116 Å². The Bertz CT molecular complexity index is 1490. The van der Waals surface area contributed by atoms with Crippen LogP contribution in [0.25, 0.3) is 11.4 Å². The Hall–Kier alpha value is -4.30. The van der Waals surface area contributed by atoms with Gasteiger partial charge in [0.15, 0.2) is 5.82 Å². The predicted molar refractivity (Wildman–Crippen MR) is 148 cm³/mol. The number of aryl methyl sites for hydroxylation is 1. The van der Waals surface area contributed by atoms with Gasteiger partial charge in [0.05, 0.1) is 15.5 Å². The number of carbonyl (C=O) groups is 1. The van der Waals surface area contributed by atoms with Gasteiger partial charge < -0.3 is 9.80 Å². The molecule has 1 fully saturated rings. The van der Waals surface area contributed by atoms with Crippen molar-refractivity contribution in [1.82, 2.24) is 14.9 Å². The largest absolute Gasteiger partial charge is 0.353 e. The number of amides is 1. The fraction of sp³-hybridized carbons (Fsp3) is 0.207. The van der Waals surface area contributed by atoms with Crippen LogP contribution in [0.5, 0.6) is 0 Å². The summed E-state index contributed by atoms with van der Waals surface area (Å²) in [4.78, 5) is 38.1. The molecule has 9 heteroatoms. The molecular formula is C29H26ClN5O3. The quantitative estimate of drug-likeness (QED) is 0.240. The molecule has 0 bridgehead atoms. The molecule has 1 aliphatic rings. The molecule has 1 aromatic heterocycles. The van der Waals surface area contributed by atoms with Crippen LogP contribution in [-0.2, 0) is 6.42 Å². The maximum absolute atomic E-state index is 13.1. The molecule has 4 aromatic rings. The van der Waals surface area contributed by atoms with Crippen molar-refractivity contribution in [2.75, 3.05) is 31.1 Å². The number of hydrogen-bond donors (Lipinski definition) is 0. The highest BCUT2D eigenvalue weighted by molar-refractivity contribution is 6.33. The van der Waals surface area contributed by atoms with Gasteiger partial charge in [0.25, 0.3) is 11.6 Å². The van der Waals surface area contributed by atoms with Crippen molar-refractivity contribution < 1.29 is 9.72 Å². The lowest BCUT2D eigenvalue weighted by Gasteiger charge is -2.36. The molecule has 0 atom stereocenters. The molecule has 0 aliphatic carbocycles. The molecular weight excluding hydrogens is 502 g/mol. The van der Waals surface area contributed by atoms with Gasteiger partial charge in [-0.1, -0.05) is 72.3 Å². The number of benzene rings is 3. The summed E-state index contributed by atoms with van der Waals surface area (Å²) in [6, 6.07) is 23.6. The van der Waals surface area contributed by atoms with Gasteiger partial charge in [0.2, 0.25) is 0 Å². The highest BCUT2D eigenvalue weighted by Gasteiger charge is 2.27. The van der Waals surface area contributed by atoms with Crippen LogP contribution in [0.4, 0.5) is 11.5 Å². The predicted octanol–water partition coefficient (Wildman–Crippen LogP) is 5.57. The highest BCUT2D eigenvalue weighted by atomic mass is 35.5. The van der Waals surface area contributed by atoms with Crippen LogP contribution in [0.1, 0.15) is 27.2 Å². The summed E-state index contributed by atoms with van der Waals surface area (Å²) in [5.41, 5.74) is 3.66. The average Bonchev–Trinajstić information content (AvgIpc) is 2.94. The summed E-state index contributed by atoms with van der Waals surface area (Å²) >= 11 is 6.27. The van der Waals surface area contributed by atoms with Gasteiger partial charge in [-0.05, 0) is 19.1 Å². The van der Waals surface area contributed by atoms with E-state index in [1.54, 1.807) is 47.4 Å². The number of piperazine rings is 1. The molecule has 1 saturated heterocycles. The van der Waals surface area contributed by atoms with Crippen molar-refractivity contribution in [3.8, 4) is 11.4 Å². The van der Waals surface area contributed by atoms with Crippen molar-refractivity contribution in [1.29, 1.82) is 0 Å². The van der Waals surface area contributed by atoms with Crippen molar-refractivity contribution in [2.45, 2.75) is 13.3 Å². The lowest BCUT2D eigenvalue weighted by molar-refractivity contribution is -0.385. The number of halogens is 1. The summed E-state index contributed by atoms with van der Waals surface area (Å²) in [5, 5.41) is 12.1. The summed E-state index contributed by atoms with van der Waals surface area (Å²) in [6.07, 6.45) is 0.326. The first-order valence-corrected chi connectivity index (χ1v) is 12.7. The van der Waals surface area contributed by atoms with Crippen LogP contribution in [0.15, 0.2) is 78.9 Å². The van der Waals surface area contributed by atoms with Crippen molar-refractivity contribution in [3.63, 3.8) is 0 Å². The third kappa shape index (κ3) is 5.21. The summed E-state index contributed by atoms with van der Waals surface area (Å²) < 4.78 is 0. The Labute approximate surface area is 225 Å². The smallest absolute Gasteiger partial charge is 0.272 e. The number of aromatic nitrogens is 2. The number of nitro benzene ring substituents is 1. The maximum atomic E-state index is 13.1. The molecule has 1 amide bonds. The Morgan fingerprint density at radius 3 is 2.29 bits per heavy atom. The maximum Gasteiger partial charge on any atom is 0.272 e. The summed E-state index contributed by atoms with van der Waals surface area (Å²) in [5.74, 6) is 1.23. The van der Waals surface area contributed by atoms with E-state index in [0.717, 1.165) is 22.6 Å². The minimum absolute atomic E-state index is 0.0696. The minimum Gasteiger partial charge on any atom is -0.353 e. The van der Waals surface area contributed by atoms with Crippen LogP contribution >= 0.6 is 11.6 Å². The number of nitro groups is 1. The molecule has 0 spiro atoms. The van der Waals surface area contributed by atoms with Crippen LogP contribution in [-0.4, -0.2) is 51.9 Å². The number of nitrogens with zero attached hydrogens (tertiary/aromatic N) is 5. The third-order valence-electron chi connectivity index (χ3n) is 6.75. The Balaban J connectivity index is 1.48.